The molecule has 70 valence electrons. The summed E-state index contributed by atoms with van der Waals surface area (Å²) in [6.45, 7) is 2.77. The second-order valence-electron chi connectivity index (χ2n) is 2.97. The Morgan fingerprint density at radius 2 is 2.54 bits per heavy atom. The quantitative estimate of drug-likeness (QED) is 0.739. The Hall–Kier alpha value is -1.34. The maximum atomic E-state index is 8.66. The van der Waals surface area contributed by atoms with Crippen molar-refractivity contribution >= 4 is 0 Å². The first-order valence-corrected chi connectivity index (χ1v) is 4.34. The fraction of sp³-hybridized carbons (Fsp3) is 0.556. The van der Waals surface area contributed by atoms with Crippen molar-refractivity contribution in [1.29, 1.82) is 5.26 Å². The van der Waals surface area contributed by atoms with Gasteiger partial charge in [0, 0.05) is 19.2 Å². The van der Waals surface area contributed by atoms with Gasteiger partial charge >= 0.3 is 0 Å². The average Bonchev–Trinajstić information content (AvgIpc) is 2.62. The van der Waals surface area contributed by atoms with Crippen LogP contribution in [0.4, 0.5) is 0 Å². The van der Waals surface area contributed by atoms with Crippen molar-refractivity contribution in [2.24, 2.45) is 0 Å². The van der Waals surface area contributed by atoms with Crippen LogP contribution in [0.3, 0.4) is 0 Å². The van der Waals surface area contributed by atoms with Crippen LogP contribution in [-0.4, -0.2) is 23.1 Å². The van der Waals surface area contributed by atoms with E-state index in [0.29, 0.717) is 0 Å². The van der Waals surface area contributed by atoms with Crippen LogP contribution in [0, 0.1) is 11.3 Å². The van der Waals surface area contributed by atoms with Gasteiger partial charge in [0.05, 0.1) is 18.1 Å². The number of nitriles is 1. The zero-order valence-corrected chi connectivity index (χ0v) is 7.99. The standard InChI is InChI=1S/C9H14N4/c1-8(5-10)13-6-9(12-7-13)3-4-11-2/h6-8,11H,3-4H2,1-2H3. The molecule has 0 radical (unpaired) electrons. The summed E-state index contributed by atoms with van der Waals surface area (Å²) >= 11 is 0. The number of likely N-dealkylation sites (N-methyl/N-ethyl adjacent to an activating group) is 1. The van der Waals surface area contributed by atoms with E-state index in [0.717, 1.165) is 18.7 Å². The molecule has 0 fully saturated rings. The van der Waals surface area contributed by atoms with E-state index in [1.165, 1.54) is 0 Å². The number of nitrogens with one attached hydrogen (secondary N) is 1. The summed E-state index contributed by atoms with van der Waals surface area (Å²) in [6, 6.07) is 2.03. The summed E-state index contributed by atoms with van der Waals surface area (Å²) in [6.07, 6.45) is 4.53. The molecule has 1 aromatic heterocycles. The van der Waals surface area contributed by atoms with Crippen molar-refractivity contribution in [3.63, 3.8) is 0 Å². The molecule has 1 N–H and O–H groups in total. The van der Waals surface area contributed by atoms with E-state index in [1.54, 1.807) is 6.33 Å². The van der Waals surface area contributed by atoms with Crippen molar-refractivity contribution in [1.82, 2.24) is 14.9 Å². The van der Waals surface area contributed by atoms with Crippen molar-refractivity contribution in [2.75, 3.05) is 13.6 Å². The van der Waals surface area contributed by atoms with Gasteiger partial charge in [0.2, 0.25) is 0 Å². The molecule has 1 heterocycles. The van der Waals surface area contributed by atoms with Crippen LogP contribution in [0.2, 0.25) is 0 Å². The summed E-state index contributed by atoms with van der Waals surface area (Å²) in [5.74, 6) is 0. The van der Waals surface area contributed by atoms with Gasteiger partial charge < -0.3 is 9.88 Å². The van der Waals surface area contributed by atoms with E-state index in [-0.39, 0.29) is 6.04 Å². The topological polar surface area (TPSA) is 53.6 Å². The molecule has 0 bridgehead atoms. The highest BCUT2D eigenvalue weighted by Gasteiger charge is 2.03. The number of hydrogen-bond acceptors (Lipinski definition) is 3. The number of hydrogen-bond donors (Lipinski definition) is 1. The molecule has 13 heavy (non-hydrogen) atoms. The summed E-state index contributed by atoms with van der Waals surface area (Å²) in [4.78, 5) is 4.19. The van der Waals surface area contributed by atoms with Crippen molar-refractivity contribution < 1.29 is 0 Å². The Morgan fingerprint density at radius 1 is 1.77 bits per heavy atom. The van der Waals surface area contributed by atoms with Gasteiger partial charge in [-0.05, 0) is 14.0 Å². The van der Waals surface area contributed by atoms with Crippen LogP contribution in [-0.2, 0) is 6.42 Å². The number of rotatable bonds is 4. The largest absolute Gasteiger partial charge is 0.321 e. The molecule has 0 aromatic carbocycles. The molecule has 0 saturated heterocycles. The summed E-state index contributed by atoms with van der Waals surface area (Å²) in [5, 5.41) is 11.7. The van der Waals surface area contributed by atoms with E-state index in [4.69, 9.17) is 5.26 Å². The highest BCUT2D eigenvalue weighted by Crippen LogP contribution is 2.05. The minimum Gasteiger partial charge on any atom is -0.321 e. The molecule has 1 atom stereocenters. The first-order valence-electron chi connectivity index (χ1n) is 4.34. The van der Waals surface area contributed by atoms with Crippen LogP contribution >= 0.6 is 0 Å². The molecule has 0 aliphatic heterocycles. The van der Waals surface area contributed by atoms with Crippen molar-refractivity contribution in [3.8, 4) is 6.07 Å². The van der Waals surface area contributed by atoms with Gasteiger partial charge in [-0.1, -0.05) is 0 Å². The maximum absolute atomic E-state index is 8.66. The lowest BCUT2D eigenvalue weighted by Gasteiger charge is -2.00. The zero-order chi connectivity index (χ0) is 9.68. The minimum absolute atomic E-state index is 0.129. The van der Waals surface area contributed by atoms with E-state index in [9.17, 15) is 0 Å². The Bertz CT molecular complexity index is 297. The Kier molecular flexibility index (Phi) is 3.47. The monoisotopic (exact) mass is 178 g/mol. The molecule has 4 nitrogen and oxygen atoms in total. The van der Waals surface area contributed by atoms with E-state index in [2.05, 4.69) is 16.4 Å². The highest BCUT2D eigenvalue weighted by atomic mass is 15.1. The number of aromatic nitrogens is 2. The first-order chi connectivity index (χ1) is 6.27. The maximum Gasteiger partial charge on any atom is 0.119 e. The summed E-state index contributed by atoms with van der Waals surface area (Å²) in [5.41, 5.74) is 1.02. The lowest BCUT2D eigenvalue weighted by Crippen LogP contribution is -2.10. The molecule has 1 aromatic rings. The Labute approximate surface area is 78.2 Å². The average molecular weight is 178 g/mol. The molecule has 1 rings (SSSR count). The van der Waals surface area contributed by atoms with Gasteiger partial charge in [0.1, 0.15) is 6.04 Å². The van der Waals surface area contributed by atoms with Gasteiger partial charge in [-0.2, -0.15) is 5.26 Å². The lowest BCUT2D eigenvalue weighted by atomic mass is 10.3. The molecule has 0 saturated carbocycles. The third-order valence-corrected chi connectivity index (χ3v) is 1.92. The summed E-state index contributed by atoms with van der Waals surface area (Å²) in [7, 11) is 1.91. The first kappa shape index (κ1) is 9.75. The number of imidazole rings is 1. The Balaban J connectivity index is 2.59. The van der Waals surface area contributed by atoms with Crippen molar-refractivity contribution in [2.45, 2.75) is 19.4 Å². The SMILES string of the molecule is CNCCc1cn(C(C)C#N)cn1. The fourth-order valence-electron chi connectivity index (χ4n) is 1.04. The van der Waals surface area contributed by atoms with Crippen LogP contribution < -0.4 is 5.32 Å². The fourth-order valence-corrected chi connectivity index (χ4v) is 1.04. The molecule has 0 spiro atoms. The third-order valence-electron chi connectivity index (χ3n) is 1.92. The minimum atomic E-state index is -0.129. The van der Waals surface area contributed by atoms with Crippen LogP contribution in [0.5, 0.6) is 0 Å². The zero-order valence-electron chi connectivity index (χ0n) is 7.99. The predicted molar refractivity (Wildman–Crippen MR) is 50.2 cm³/mol. The van der Waals surface area contributed by atoms with Gasteiger partial charge in [0.15, 0.2) is 0 Å². The predicted octanol–water partition coefficient (Wildman–Crippen LogP) is 0.730. The summed E-state index contributed by atoms with van der Waals surface area (Å²) < 4.78 is 1.82. The smallest absolute Gasteiger partial charge is 0.119 e. The van der Waals surface area contributed by atoms with Gasteiger partial charge in [0.25, 0.3) is 0 Å². The van der Waals surface area contributed by atoms with E-state index < -0.39 is 0 Å². The Morgan fingerprint density at radius 3 is 3.15 bits per heavy atom. The van der Waals surface area contributed by atoms with Gasteiger partial charge in [-0.25, -0.2) is 4.98 Å². The highest BCUT2D eigenvalue weighted by molar-refractivity contribution is 5.01. The van der Waals surface area contributed by atoms with Crippen molar-refractivity contribution in [3.05, 3.63) is 18.2 Å². The lowest BCUT2D eigenvalue weighted by molar-refractivity contribution is 0.671. The normalized spacial score (nSPS) is 12.4. The second-order valence-corrected chi connectivity index (χ2v) is 2.97. The van der Waals surface area contributed by atoms with E-state index >= 15 is 0 Å². The molecule has 0 amide bonds. The molecule has 0 aliphatic rings. The van der Waals surface area contributed by atoms with E-state index in [1.807, 2.05) is 24.7 Å². The molecule has 0 aliphatic carbocycles. The van der Waals surface area contributed by atoms with Crippen LogP contribution in [0.15, 0.2) is 12.5 Å². The molecule has 4 heteroatoms. The van der Waals surface area contributed by atoms with Crippen LogP contribution in [0.25, 0.3) is 0 Å². The number of nitrogens with zero attached hydrogens (tertiary/aromatic N) is 3. The van der Waals surface area contributed by atoms with Crippen LogP contribution in [0.1, 0.15) is 18.7 Å². The molecular formula is C9H14N4. The molecular weight excluding hydrogens is 164 g/mol. The third kappa shape index (κ3) is 2.56. The second kappa shape index (κ2) is 4.63. The van der Waals surface area contributed by atoms with Gasteiger partial charge in [-0.3, -0.25) is 0 Å². The van der Waals surface area contributed by atoms with Gasteiger partial charge in [-0.15, -0.1) is 0 Å². The molecule has 1 unspecified atom stereocenters.